The van der Waals surface area contributed by atoms with E-state index in [0.717, 1.165) is 17.9 Å². The van der Waals surface area contributed by atoms with E-state index in [4.69, 9.17) is 0 Å². The summed E-state index contributed by atoms with van der Waals surface area (Å²) in [6, 6.07) is 0.876. The van der Waals surface area contributed by atoms with Crippen molar-refractivity contribution >= 4 is 0 Å². The van der Waals surface area contributed by atoms with Gasteiger partial charge in [0.1, 0.15) is 0 Å². The summed E-state index contributed by atoms with van der Waals surface area (Å²) >= 11 is 0. The van der Waals surface area contributed by atoms with Crippen molar-refractivity contribution in [2.24, 2.45) is 11.8 Å². The highest BCUT2D eigenvalue weighted by Crippen LogP contribution is 2.25. The van der Waals surface area contributed by atoms with E-state index in [2.05, 4.69) is 24.1 Å². The summed E-state index contributed by atoms with van der Waals surface area (Å²) in [5, 5.41) is 3.45. The fraction of sp³-hybridized carbons (Fsp3) is 1.00. The highest BCUT2D eigenvalue weighted by molar-refractivity contribution is 4.83. The van der Waals surface area contributed by atoms with Gasteiger partial charge < -0.3 is 5.32 Å². The van der Waals surface area contributed by atoms with E-state index < -0.39 is 0 Å². The molecule has 2 aliphatic rings. The van der Waals surface area contributed by atoms with E-state index >= 15 is 0 Å². The first-order valence-corrected chi connectivity index (χ1v) is 6.20. The molecular weight excluding hydrogens is 172 g/mol. The lowest BCUT2D eigenvalue weighted by molar-refractivity contribution is 0.0793. The molecule has 82 valence electrons. The minimum absolute atomic E-state index is 0.876. The Labute approximate surface area is 88.1 Å². The van der Waals surface area contributed by atoms with Crippen molar-refractivity contribution in [1.82, 2.24) is 10.2 Å². The number of rotatable bonds is 1. The first-order valence-electron chi connectivity index (χ1n) is 6.20. The Kier molecular flexibility index (Phi) is 3.45. The van der Waals surface area contributed by atoms with Gasteiger partial charge in [0.15, 0.2) is 0 Å². The maximum absolute atomic E-state index is 3.45. The number of nitrogens with zero attached hydrogens (tertiary/aromatic N) is 1. The lowest BCUT2D eigenvalue weighted by atomic mass is 9.89. The molecule has 2 nitrogen and oxygen atoms in total. The maximum atomic E-state index is 3.45. The first-order chi connectivity index (χ1) is 6.75. The fourth-order valence-corrected chi connectivity index (χ4v) is 3.18. The molecule has 2 heterocycles. The molecule has 0 radical (unpaired) electrons. The number of hydrogen-bond donors (Lipinski definition) is 1. The van der Waals surface area contributed by atoms with Gasteiger partial charge in [-0.1, -0.05) is 13.8 Å². The van der Waals surface area contributed by atoms with Crippen LogP contribution in [-0.2, 0) is 0 Å². The SMILES string of the molecule is CC1CC(C)CN(C2CCNCC2)C1. The number of nitrogens with one attached hydrogen (secondary N) is 1. The normalized spacial score (nSPS) is 37.3. The molecule has 0 bridgehead atoms. The average molecular weight is 196 g/mol. The average Bonchev–Trinajstić information content (AvgIpc) is 2.18. The molecule has 2 unspecified atom stereocenters. The second-order valence-corrected chi connectivity index (χ2v) is 5.38. The topological polar surface area (TPSA) is 15.3 Å². The Balaban J connectivity index is 1.88. The van der Waals surface area contributed by atoms with Crippen LogP contribution in [0.4, 0.5) is 0 Å². The molecular formula is C12H24N2. The second kappa shape index (κ2) is 4.63. The lowest BCUT2D eigenvalue weighted by Gasteiger charge is -2.41. The van der Waals surface area contributed by atoms with Gasteiger partial charge >= 0.3 is 0 Å². The van der Waals surface area contributed by atoms with Crippen LogP contribution in [0.5, 0.6) is 0 Å². The van der Waals surface area contributed by atoms with Crippen molar-refractivity contribution in [2.45, 2.75) is 39.2 Å². The van der Waals surface area contributed by atoms with Crippen LogP contribution in [0.1, 0.15) is 33.1 Å². The molecule has 2 saturated heterocycles. The molecule has 0 aromatic rings. The van der Waals surface area contributed by atoms with E-state index in [0.29, 0.717) is 0 Å². The van der Waals surface area contributed by atoms with Crippen molar-refractivity contribution in [1.29, 1.82) is 0 Å². The monoisotopic (exact) mass is 196 g/mol. The van der Waals surface area contributed by atoms with E-state index in [-0.39, 0.29) is 0 Å². The van der Waals surface area contributed by atoms with E-state index in [1.54, 1.807) is 0 Å². The summed E-state index contributed by atoms with van der Waals surface area (Å²) in [5.74, 6) is 1.82. The zero-order valence-corrected chi connectivity index (χ0v) is 9.63. The molecule has 0 spiro atoms. The molecule has 2 aliphatic heterocycles. The van der Waals surface area contributed by atoms with Crippen LogP contribution in [0.15, 0.2) is 0 Å². The fourth-order valence-electron chi connectivity index (χ4n) is 3.18. The number of hydrogen-bond acceptors (Lipinski definition) is 2. The van der Waals surface area contributed by atoms with Gasteiger partial charge in [0, 0.05) is 19.1 Å². The third kappa shape index (κ3) is 2.48. The predicted octanol–water partition coefficient (Wildman–Crippen LogP) is 1.72. The summed E-state index contributed by atoms with van der Waals surface area (Å²) in [7, 11) is 0. The van der Waals surface area contributed by atoms with Gasteiger partial charge in [0.25, 0.3) is 0 Å². The van der Waals surface area contributed by atoms with Crippen molar-refractivity contribution in [3.8, 4) is 0 Å². The molecule has 0 aromatic carbocycles. The van der Waals surface area contributed by atoms with Crippen molar-refractivity contribution in [3.05, 3.63) is 0 Å². The van der Waals surface area contributed by atoms with Crippen LogP contribution in [-0.4, -0.2) is 37.1 Å². The van der Waals surface area contributed by atoms with Gasteiger partial charge in [-0.15, -0.1) is 0 Å². The van der Waals surface area contributed by atoms with Gasteiger partial charge in [-0.2, -0.15) is 0 Å². The molecule has 2 fully saturated rings. The van der Waals surface area contributed by atoms with Crippen LogP contribution in [0.3, 0.4) is 0 Å². The molecule has 0 aromatic heterocycles. The Morgan fingerprint density at radius 3 is 2.14 bits per heavy atom. The van der Waals surface area contributed by atoms with Crippen molar-refractivity contribution in [3.63, 3.8) is 0 Å². The zero-order chi connectivity index (χ0) is 9.97. The highest BCUT2D eigenvalue weighted by Gasteiger charge is 2.27. The standard InChI is InChI=1S/C12H24N2/c1-10-7-11(2)9-14(8-10)12-3-5-13-6-4-12/h10-13H,3-9H2,1-2H3. The number of piperidine rings is 2. The lowest BCUT2D eigenvalue weighted by Crippen LogP contribution is -2.49. The van der Waals surface area contributed by atoms with E-state index in [9.17, 15) is 0 Å². The van der Waals surface area contributed by atoms with Gasteiger partial charge in [-0.3, -0.25) is 4.90 Å². The molecule has 1 N–H and O–H groups in total. The number of likely N-dealkylation sites (tertiary alicyclic amines) is 1. The third-order valence-electron chi connectivity index (χ3n) is 3.72. The quantitative estimate of drug-likeness (QED) is 0.687. The summed E-state index contributed by atoms with van der Waals surface area (Å²) in [4.78, 5) is 2.75. The zero-order valence-electron chi connectivity index (χ0n) is 9.63. The molecule has 2 heteroatoms. The van der Waals surface area contributed by atoms with E-state index in [1.807, 2.05) is 0 Å². The molecule has 0 saturated carbocycles. The summed E-state index contributed by atoms with van der Waals surface area (Å²) in [5.41, 5.74) is 0. The molecule has 14 heavy (non-hydrogen) atoms. The Bertz CT molecular complexity index is 165. The Morgan fingerprint density at radius 1 is 1.00 bits per heavy atom. The van der Waals surface area contributed by atoms with Crippen LogP contribution in [0, 0.1) is 11.8 Å². The van der Waals surface area contributed by atoms with Gasteiger partial charge in [-0.05, 0) is 44.2 Å². The van der Waals surface area contributed by atoms with Crippen LogP contribution < -0.4 is 5.32 Å². The molecule has 2 rings (SSSR count). The third-order valence-corrected chi connectivity index (χ3v) is 3.72. The first kappa shape index (κ1) is 10.4. The minimum atomic E-state index is 0.876. The largest absolute Gasteiger partial charge is 0.317 e. The van der Waals surface area contributed by atoms with E-state index in [1.165, 1.54) is 45.4 Å². The predicted molar refractivity (Wildman–Crippen MR) is 60.4 cm³/mol. The Hall–Kier alpha value is -0.0800. The minimum Gasteiger partial charge on any atom is -0.317 e. The summed E-state index contributed by atoms with van der Waals surface area (Å²) in [6.45, 7) is 9.95. The van der Waals surface area contributed by atoms with Gasteiger partial charge in [0.05, 0.1) is 0 Å². The Morgan fingerprint density at radius 2 is 1.57 bits per heavy atom. The maximum Gasteiger partial charge on any atom is 0.0120 e. The van der Waals surface area contributed by atoms with Crippen molar-refractivity contribution in [2.75, 3.05) is 26.2 Å². The summed E-state index contributed by atoms with van der Waals surface area (Å²) in [6.07, 6.45) is 4.15. The molecule has 2 atom stereocenters. The van der Waals surface area contributed by atoms with Crippen molar-refractivity contribution < 1.29 is 0 Å². The van der Waals surface area contributed by atoms with Crippen LogP contribution >= 0.6 is 0 Å². The second-order valence-electron chi connectivity index (χ2n) is 5.38. The van der Waals surface area contributed by atoms with Gasteiger partial charge in [0.2, 0.25) is 0 Å². The van der Waals surface area contributed by atoms with Gasteiger partial charge in [-0.25, -0.2) is 0 Å². The van der Waals surface area contributed by atoms with Crippen LogP contribution in [0.25, 0.3) is 0 Å². The smallest absolute Gasteiger partial charge is 0.0120 e. The molecule has 0 amide bonds. The highest BCUT2D eigenvalue weighted by atomic mass is 15.2. The summed E-state index contributed by atoms with van der Waals surface area (Å²) < 4.78 is 0. The molecule has 0 aliphatic carbocycles. The van der Waals surface area contributed by atoms with Crippen LogP contribution in [0.2, 0.25) is 0 Å².